The third-order valence-corrected chi connectivity index (χ3v) is 5.94. The lowest BCUT2D eigenvalue weighted by molar-refractivity contribution is 0.497. The molecule has 0 unspecified atom stereocenters. The fraction of sp³-hybridized carbons (Fsp3) is 0.231. The predicted molar refractivity (Wildman–Crippen MR) is 113 cm³/mol. The molecule has 0 saturated heterocycles. The van der Waals surface area contributed by atoms with Gasteiger partial charge in [-0.2, -0.15) is 0 Å². The van der Waals surface area contributed by atoms with Gasteiger partial charge >= 0.3 is 0 Å². The van der Waals surface area contributed by atoms with Gasteiger partial charge in [0.1, 0.15) is 5.82 Å². The van der Waals surface area contributed by atoms with E-state index in [0.717, 1.165) is 5.56 Å². The average molecular weight is 428 g/mol. The number of fused-ring (bicyclic) bond motifs is 1. The molecule has 3 aromatic carbocycles. The Balaban J connectivity index is 1.77. The van der Waals surface area contributed by atoms with Crippen molar-refractivity contribution in [1.82, 2.24) is 0 Å². The molecule has 0 nitrogen and oxygen atoms in total. The number of benzene rings is 3. The van der Waals surface area contributed by atoms with Gasteiger partial charge in [-0.15, -0.1) is 0 Å². The van der Waals surface area contributed by atoms with Crippen LogP contribution in [0, 0.1) is 29.1 Å². The van der Waals surface area contributed by atoms with Crippen LogP contribution in [0.25, 0.3) is 22.8 Å². The minimum Gasteiger partial charge on any atom is -0.206 e. The third kappa shape index (κ3) is 3.67. The van der Waals surface area contributed by atoms with Gasteiger partial charge < -0.3 is 0 Å². The van der Waals surface area contributed by atoms with Crippen molar-refractivity contribution in [2.24, 2.45) is 0 Å². The molecular formula is C26H21F5. The molecule has 0 amide bonds. The monoisotopic (exact) mass is 428 g/mol. The lowest BCUT2D eigenvalue weighted by Crippen LogP contribution is -2.05. The van der Waals surface area contributed by atoms with E-state index in [1.54, 1.807) is 32.1 Å². The minimum atomic E-state index is -1.07. The molecule has 0 N–H and O–H groups in total. The summed E-state index contributed by atoms with van der Waals surface area (Å²) < 4.78 is 72.4. The molecule has 0 aliphatic heterocycles. The third-order valence-electron chi connectivity index (χ3n) is 5.94. The topological polar surface area (TPSA) is 0 Å². The van der Waals surface area contributed by atoms with Gasteiger partial charge in [0.2, 0.25) is 0 Å². The van der Waals surface area contributed by atoms with Gasteiger partial charge in [0.15, 0.2) is 23.3 Å². The van der Waals surface area contributed by atoms with E-state index in [1.165, 1.54) is 24.3 Å². The van der Waals surface area contributed by atoms with Crippen molar-refractivity contribution in [3.05, 3.63) is 93.3 Å². The number of hydrogen-bond acceptors (Lipinski definition) is 0. The van der Waals surface area contributed by atoms with E-state index >= 15 is 0 Å². The van der Waals surface area contributed by atoms with Crippen LogP contribution in [0.3, 0.4) is 0 Å². The fourth-order valence-corrected chi connectivity index (χ4v) is 4.11. The number of hydrogen-bond donors (Lipinski definition) is 0. The second-order valence-corrected chi connectivity index (χ2v) is 7.71. The number of allylic oxidation sites excluding steroid dienone is 1. The summed E-state index contributed by atoms with van der Waals surface area (Å²) in [5.41, 5.74) is 2.38. The first-order chi connectivity index (χ1) is 14.8. The summed E-state index contributed by atoms with van der Waals surface area (Å²) in [4.78, 5) is 0. The van der Waals surface area contributed by atoms with Gasteiger partial charge in [-0.05, 0) is 65.6 Å². The number of rotatable bonds is 4. The molecule has 1 aliphatic carbocycles. The van der Waals surface area contributed by atoms with Crippen molar-refractivity contribution in [1.29, 1.82) is 0 Å². The Labute approximate surface area is 178 Å². The maximum Gasteiger partial charge on any atom is 0.167 e. The van der Waals surface area contributed by atoms with E-state index in [1.807, 2.05) is 0 Å². The van der Waals surface area contributed by atoms with Gasteiger partial charge in [0.25, 0.3) is 0 Å². The molecule has 4 rings (SSSR count). The SMILES string of the molecule is CCc1ccc(C2=Cc3cc(F)c(-c4ccc(CC)c(F)c4F)cc3CC2)c(F)c1F. The molecule has 0 heterocycles. The summed E-state index contributed by atoms with van der Waals surface area (Å²) in [7, 11) is 0. The van der Waals surface area contributed by atoms with Crippen LogP contribution in [-0.4, -0.2) is 0 Å². The molecule has 1 aliphatic rings. The zero-order chi connectivity index (χ0) is 22.3. The van der Waals surface area contributed by atoms with Crippen molar-refractivity contribution < 1.29 is 22.0 Å². The first-order valence-corrected chi connectivity index (χ1v) is 10.3. The molecule has 0 spiro atoms. The smallest absolute Gasteiger partial charge is 0.167 e. The maximum absolute atomic E-state index is 14.9. The van der Waals surface area contributed by atoms with Gasteiger partial charge in [0, 0.05) is 16.7 Å². The molecule has 0 aromatic heterocycles. The minimum absolute atomic E-state index is 0.0147. The molecule has 0 atom stereocenters. The molecule has 5 heteroatoms. The molecule has 31 heavy (non-hydrogen) atoms. The fourth-order valence-electron chi connectivity index (χ4n) is 4.11. The lowest BCUT2D eigenvalue weighted by atomic mass is 9.86. The zero-order valence-corrected chi connectivity index (χ0v) is 17.3. The summed E-state index contributed by atoms with van der Waals surface area (Å²) in [6.07, 6.45) is 3.22. The first kappa shape index (κ1) is 21.3. The van der Waals surface area contributed by atoms with Crippen LogP contribution in [0.4, 0.5) is 22.0 Å². The highest BCUT2D eigenvalue weighted by Gasteiger charge is 2.22. The molecule has 0 saturated carbocycles. The number of halogens is 5. The standard InChI is InChI=1S/C26H21F5/c1-3-14-7-9-19(25(30)23(14)28)17-6-5-16-12-21(22(27)13-18(16)11-17)20-10-8-15(4-2)24(29)26(20)31/h7-13H,3-6H2,1-2H3. The number of aryl methyl sites for hydroxylation is 3. The average Bonchev–Trinajstić information content (AvgIpc) is 2.77. The van der Waals surface area contributed by atoms with E-state index in [4.69, 9.17) is 0 Å². The van der Waals surface area contributed by atoms with E-state index < -0.39 is 29.1 Å². The van der Waals surface area contributed by atoms with Crippen molar-refractivity contribution >= 4 is 11.6 Å². The van der Waals surface area contributed by atoms with Crippen LogP contribution in [0.15, 0.2) is 36.4 Å². The van der Waals surface area contributed by atoms with Crippen LogP contribution < -0.4 is 0 Å². The van der Waals surface area contributed by atoms with Crippen LogP contribution in [0.5, 0.6) is 0 Å². The van der Waals surface area contributed by atoms with Crippen molar-refractivity contribution in [3.63, 3.8) is 0 Å². The summed E-state index contributed by atoms with van der Waals surface area (Å²) in [5.74, 6) is -4.50. The largest absolute Gasteiger partial charge is 0.206 e. The molecule has 0 fully saturated rings. The van der Waals surface area contributed by atoms with Crippen LogP contribution >= 0.6 is 0 Å². The van der Waals surface area contributed by atoms with Gasteiger partial charge in [0.05, 0.1) is 0 Å². The Bertz CT molecular complexity index is 1210. The predicted octanol–water partition coefficient (Wildman–Crippen LogP) is 7.66. The summed E-state index contributed by atoms with van der Waals surface area (Å²) in [6, 6.07) is 8.71. The van der Waals surface area contributed by atoms with E-state index in [-0.39, 0.29) is 22.3 Å². The molecule has 0 radical (unpaired) electrons. The molecular weight excluding hydrogens is 407 g/mol. The van der Waals surface area contributed by atoms with Crippen LogP contribution in [0.1, 0.15) is 48.1 Å². The second kappa shape index (κ2) is 8.29. The first-order valence-electron chi connectivity index (χ1n) is 10.3. The quantitative estimate of drug-likeness (QED) is 0.374. The Morgan fingerprint density at radius 1 is 0.645 bits per heavy atom. The van der Waals surface area contributed by atoms with Crippen molar-refractivity contribution in [3.8, 4) is 11.1 Å². The van der Waals surface area contributed by atoms with Crippen molar-refractivity contribution in [2.45, 2.75) is 39.5 Å². The van der Waals surface area contributed by atoms with Gasteiger partial charge in [-0.25, -0.2) is 22.0 Å². The zero-order valence-electron chi connectivity index (χ0n) is 17.3. The Kier molecular flexibility index (Phi) is 5.69. The second-order valence-electron chi connectivity index (χ2n) is 7.71. The van der Waals surface area contributed by atoms with Crippen LogP contribution in [0.2, 0.25) is 0 Å². The summed E-state index contributed by atoms with van der Waals surface area (Å²) >= 11 is 0. The van der Waals surface area contributed by atoms with E-state index in [9.17, 15) is 22.0 Å². The molecule has 0 bridgehead atoms. The van der Waals surface area contributed by atoms with E-state index in [0.29, 0.717) is 42.4 Å². The highest BCUT2D eigenvalue weighted by Crippen LogP contribution is 2.37. The lowest BCUT2D eigenvalue weighted by Gasteiger charge is -2.20. The summed E-state index contributed by atoms with van der Waals surface area (Å²) in [5, 5.41) is 0. The Morgan fingerprint density at radius 2 is 1.23 bits per heavy atom. The molecule has 160 valence electrons. The maximum atomic E-state index is 14.9. The van der Waals surface area contributed by atoms with Gasteiger partial charge in [-0.1, -0.05) is 44.2 Å². The summed E-state index contributed by atoms with van der Waals surface area (Å²) in [6.45, 7) is 3.46. The Morgan fingerprint density at radius 3 is 1.84 bits per heavy atom. The highest BCUT2D eigenvalue weighted by molar-refractivity contribution is 5.85. The highest BCUT2D eigenvalue weighted by atomic mass is 19.2. The Hall–Kier alpha value is -2.95. The van der Waals surface area contributed by atoms with E-state index in [2.05, 4.69) is 0 Å². The molecule has 3 aromatic rings. The van der Waals surface area contributed by atoms with Gasteiger partial charge in [-0.3, -0.25) is 0 Å². The van der Waals surface area contributed by atoms with Crippen molar-refractivity contribution in [2.75, 3.05) is 0 Å². The normalized spacial score (nSPS) is 13.2. The van der Waals surface area contributed by atoms with Crippen LogP contribution in [-0.2, 0) is 19.3 Å².